The molecule has 0 aliphatic heterocycles. The number of benzene rings is 1. The van der Waals surface area contributed by atoms with E-state index in [4.69, 9.17) is 0 Å². The number of anilines is 1. The Labute approximate surface area is 118 Å². The second kappa shape index (κ2) is 5.36. The van der Waals surface area contributed by atoms with Gasteiger partial charge in [0.25, 0.3) is 0 Å². The molecule has 0 fully saturated rings. The quantitative estimate of drug-likeness (QED) is 0.774. The van der Waals surface area contributed by atoms with Crippen LogP contribution in [0, 0.1) is 0 Å². The SMILES string of the molecule is CCn1nccc1CNc1nc2ccccc2n1CC. The highest BCUT2D eigenvalue weighted by atomic mass is 15.3. The maximum absolute atomic E-state index is 4.66. The monoisotopic (exact) mass is 269 g/mol. The molecule has 0 saturated carbocycles. The number of rotatable bonds is 5. The number of nitrogens with zero attached hydrogens (tertiary/aromatic N) is 4. The van der Waals surface area contributed by atoms with E-state index in [0.29, 0.717) is 0 Å². The molecule has 0 unspecified atom stereocenters. The van der Waals surface area contributed by atoms with Crippen molar-refractivity contribution in [2.75, 3.05) is 5.32 Å². The summed E-state index contributed by atoms with van der Waals surface area (Å²) in [4.78, 5) is 4.66. The molecule has 0 aliphatic carbocycles. The van der Waals surface area contributed by atoms with E-state index in [-0.39, 0.29) is 0 Å². The minimum absolute atomic E-state index is 0.733. The Balaban J connectivity index is 1.87. The van der Waals surface area contributed by atoms with Crippen molar-refractivity contribution in [2.45, 2.75) is 33.5 Å². The average Bonchev–Trinajstić information content (AvgIpc) is 3.08. The van der Waals surface area contributed by atoms with Crippen LogP contribution in [0.15, 0.2) is 36.5 Å². The Morgan fingerprint density at radius 1 is 1.10 bits per heavy atom. The van der Waals surface area contributed by atoms with E-state index >= 15 is 0 Å². The molecule has 3 rings (SSSR count). The lowest BCUT2D eigenvalue weighted by molar-refractivity contribution is 0.626. The van der Waals surface area contributed by atoms with Crippen molar-refractivity contribution >= 4 is 17.0 Å². The van der Waals surface area contributed by atoms with Gasteiger partial charge in [-0.3, -0.25) is 4.68 Å². The minimum atomic E-state index is 0.733. The fourth-order valence-corrected chi connectivity index (χ4v) is 2.50. The zero-order chi connectivity index (χ0) is 13.9. The standard InChI is InChI=1S/C15H19N5/c1-3-19-14-8-6-5-7-13(14)18-15(19)16-11-12-9-10-17-20(12)4-2/h5-10H,3-4,11H2,1-2H3,(H,16,18). The van der Waals surface area contributed by atoms with Crippen molar-refractivity contribution in [2.24, 2.45) is 0 Å². The summed E-state index contributed by atoms with van der Waals surface area (Å²) < 4.78 is 4.19. The highest BCUT2D eigenvalue weighted by Gasteiger charge is 2.09. The van der Waals surface area contributed by atoms with Crippen LogP contribution in [0.5, 0.6) is 0 Å². The number of imidazole rings is 1. The number of hydrogen-bond donors (Lipinski definition) is 1. The predicted molar refractivity (Wildman–Crippen MR) is 80.6 cm³/mol. The molecule has 0 spiro atoms. The molecule has 5 nitrogen and oxygen atoms in total. The van der Waals surface area contributed by atoms with Crippen LogP contribution in [0.4, 0.5) is 5.95 Å². The summed E-state index contributed by atoms with van der Waals surface area (Å²) >= 11 is 0. The first kappa shape index (κ1) is 12.7. The third-order valence-corrected chi connectivity index (χ3v) is 3.50. The van der Waals surface area contributed by atoms with Crippen molar-refractivity contribution < 1.29 is 0 Å². The van der Waals surface area contributed by atoms with Crippen LogP contribution in [-0.4, -0.2) is 19.3 Å². The molecule has 0 amide bonds. The molecule has 0 saturated heterocycles. The first-order chi connectivity index (χ1) is 9.83. The number of nitrogens with one attached hydrogen (secondary N) is 1. The van der Waals surface area contributed by atoms with E-state index in [0.717, 1.165) is 31.1 Å². The summed E-state index contributed by atoms with van der Waals surface area (Å²) in [5.74, 6) is 0.914. The van der Waals surface area contributed by atoms with Crippen molar-refractivity contribution in [3.8, 4) is 0 Å². The number of para-hydroxylation sites is 2. The molecule has 20 heavy (non-hydrogen) atoms. The lowest BCUT2D eigenvalue weighted by Gasteiger charge is -2.09. The largest absolute Gasteiger partial charge is 0.350 e. The number of aromatic nitrogens is 4. The normalized spacial score (nSPS) is 11.1. The molecular formula is C15H19N5. The van der Waals surface area contributed by atoms with Gasteiger partial charge in [-0.2, -0.15) is 5.10 Å². The van der Waals surface area contributed by atoms with Gasteiger partial charge in [0.1, 0.15) is 0 Å². The van der Waals surface area contributed by atoms with E-state index < -0.39 is 0 Å². The van der Waals surface area contributed by atoms with Gasteiger partial charge in [0.2, 0.25) is 5.95 Å². The third-order valence-electron chi connectivity index (χ3n) is 3.50. The maximum Gasteiger partial charge on any atom is 0.204 e. The lowest BCUT2D eigenvalue weighted by Crippen LogP contribution is -2.11. The Kier molecular flexibility index (Phi) is 3.41. The highest BCUT2D eigenvalue weighted by Crippen LogP contribution is 2.19. The molecule has 1 aromatic carbocycles. The summed E-state index contributed by atoms with van der Waals surface area (Å²) in [5.41, 5.74) is 3.37. The molecule has 0 bridgehead atoms. The van der Waals surface area contributed by atoms with E-state index in [1.165, 1.54) is 11.2 Å². The van der Waals surface area contributed by atoms with Crippen LogP contribution in [0.3, 0.4) is 0 Å². The number of fused-ring (bicyclic) bond motifs is 1. The van der Waals surface area contributed by atoms with Crippen LogP contribution in [0.25, 0.3) is 11.0 Å². The van der Waals surface area contributed by atoms with Gasteiger partial charge in [-0.1, -0.05) is 12.1 Å². The maximum atomic E-state index is 4.66. The first-order valence-corrected chi connectivity index (χ1v) is 7.03. The molecule has 2 aromatic heterocycles. The predicted octanol–water partition coefficient (Wildman–Crippen LogP) is 2.88. The van der Waals surface area contributed by atoms with Crippen LogP contribution < -0.4 is 5.32 Å². The lowest BCUT2D eigenvalue weighted by atomic mass is 10.3. The zero-order valence-corrected chi connectivity index (χ0v) is 11.9. The first-order valence-electron chi connectivity index (χ1n) is 7.03. The van der Waals surface area contributed by atoms with Crippen LogP contribution >= 0.6 is 0 Å². The Morgan fingerprint density at radius 3 is 2.75 bits per heavy atom. The van der Waals surface area contributed by atoms with Crippen LogP contribution in [0.2, 0.25) is 0 Å². The Morgan fingerprint density at radius 2 is 1.95 bits per heavy atom. The zero-order valence-electron chi connectivity index (χ0n) is 11.9. The van der Waals surface area contributed by atoms with Gasteiger partial charge in [0.15, 0.2) is 0 Å². The minimum Gasteiger partial charge on any atom is -0.350 e. The Bertz CT molecular complexity index is 710. The van der Waals surface area contributed by atoms with Crippen molar-refractivity contribution in [3.05, 3.63) is 42.2 Å². The molecule has 3 aromatic rings. The molecule has 1 N–H and O–H groups in total. The second-order valence-electron chi connectivity index (χ2n) is 4.66. The van der Waals surface area contributed by atoms with Gasteiger partial charge in [-0.15, -0.1) is 0 Å². The fourth-order valence-electron chi connectivity index (χ4n) is 2.50. The fraction of sp³-hybridized carbons (Fsp3) is 0.333. The van der Waals surface area contributed by atoms with Gasteiger partial charge < -0.3 is 9.88 Å². The van der Waals surface area contributed by atoms with Crippen LogP contribution in [0.1, 0.15) is 19.5 Å². The van der Waals surface area contributed by atoms with E-state index in [2.05, 4.69) is 39.9 Å². The smallest absolute Gasteiger partial charge is 0.204 e. The second-order valence-corrected chi connectivity index (χ2v) is 4.66. The topological polar surface area (TPSA) is 47.7 Å². The van der Waals surface area contributed by atoms with Crippen molar-refractivity contribution in [3.63, 3.8) is 0 Å². The molecule has 0 atom stereocenters. The number of hydrogen-bond acceptors (Lipinski definition) is 3. The van der Waals surface area contributed by atoms with E-state index in [1.54, 1.807) is 0 Å². The van der Waals surface area contributed by atoms with Gasteiger partial charge in [0.05, 0.1) is 23.3 Å². The summed E-state index contributed by atoms with van der Waals surface area (Å²) in [6.07, 6.45) is 1.84. The molecule has 2 heterocycles. The Hall–Kier alpha value is -2.30. The van der Waals surface area contributed by atoms with Gasteiger partial charge >= 0.3 is 0 Å². The summed E-state index contributed by atoms with van der Waals surface area (Å²) in [7, 11) is 0. The molecule has 0 radical (unpaired) electrons. The molecule has 5 heteroatoms. The molecule has 0 aliphatic rings. The molecular weight excluding hydrogens is 250 g/mol. The van der Waals surface area contributed by atoms with Crippen molar-refractivity contribution in [1.29, 1.82) is 0 Å². The highest BCUT2D eigenvalue weighted by molar-refractivity contribution is 5.78. The third kappa shape index (κ3) is 2.15. The van der Waals surface area contributed by atoms with Gasteiger partial charge in [-0.25, -0.2) is 4.98 Å². The average molecular weight is 269 g/mol. The van der Waals surface area contributed by atoms with Gasteiger partial charge in [-0.05, 0) is 32.0 Å². The van der Waals surface area contributed by atoms with Crippen LogP contribution in [-0.2, 0) is 19.6 Å². The summed E-state index contributed by atoms with van der Waals surface area (Å²) in [6.45, 7) is 6.74. The molecule has 104 valence electrons. The van der Waals surface area contributed by atoms with E-state index in [9.17, 15) is 0 Å². The van der Waals surface area contributed by atoms with E-state index in [1.807, 2.05) is 35.1 Å². The number of aryl methyl sites for hydroxylation is 2. The van der Waals surface area contributed by atoms with Gasteiger partial charge in [0, 0.05) is 19.3 Å². The summed E-state index contributed by atoms with van der Waals surface area (Å²) in [5, 5.41) is 7.70. The van der Waals surface area contributed by atoms with Crippen molar-refractivity contribution in [1.82, 2.24) is 19.3 Å². The summed E-state index contributed by atoms with van der Waals surface area (Å²) in [6, 6.07) is 10.3.